The van der Waals surface area contributed by atoms with E-state index in [-0.39, 0.29) is 38.1 Å². The number of nitrogens with one attached hydrogen (secondary N) is 7. The minimum atomic E-state index is -2.27. The third-order valence-electron chi connectivity index (χ3n) is 9.68. The third-order valence-corrected chi connectivity index (χ3v) is 9.92. The van der Waals surface area contributed by atoms with Crippen molar-refractivity contribution in [2.75, 3.05) is 6.54 Å². The largest absolute Gasteiger partial charge is 0.381 e. The third kappa shape index (κ3) is 12.1. The number of amides is 7. The highest BCUT2D eigenvalue weighted by Gasteiger charge is 2.39. The van der Waals surface area contributed by atoms with Gasteiger partial charge in [-0.3, -0.25) is 33.6 Å². The molecule has 1 unspecified atom stereocenters. The summed E-state index contributed by atoms with van der Waals surface area (Å²) < 4.78 is 0. The van der Waals surface area contributed by atoms with Crippen LogP contribution in [-0.2, 0) is 40.0 Å². The highest BCUT2D eigenvalue weighted by molar-refractivity contribution is 6.31. The van der Waals surface area contributed by atoms with Gasteiger partial charge in [0.2, 0.25) is 41.4 Å². The van der Waals surface area contributed by atoms with Crippen LogP contribution < -0.4 is 43.4 Å². The number of halogens is 1. The molecule has 304 valence electrons. The number of carbonyl (C=O) groups excluding carboxylic acids is 7. The van der Waals surface area contributed by atoms with Gasteiger partial charge in [-0.05, 0) is 67.3 Å². The number of aromatic amines is 1. The Hall–Kier alpha value is -4.74. The average molecular weight is 790 g/mol. The molecular weight excluding hydrogens is 734 g/mol. The molecular formula is C37H56ClN9O8. The van der Waals surface area contributed by atoms with Gasteiger partial charge in [-0.25, -0.2) is 0 Å². The molecule has 17 nitrogen and oxygen atoms in total. The second-order valence-corrected chi connectivity index (χ2v) is 15.3. The molecule has 1 aliphatic heterocycles. The van der Waals surface area contributed by atoms with Crippen LogP contribution in [0.4, 0.5) is 0 Å². The predicted molar refractivity (Wildman–Crippen MR) is 206 cm³/mol. The van der Waals surface area contributed by atoms with E-state index >= 15 is 0 Å². The van der Waals surface area contributed by atoms with E-state index in [1.807, 2.05) is 20.8 Å². The van der Waals surface area contributed by atoms with Crippen molar-refractivity contribution in [3.05, 3.63) is 35.0 Å². The Morgan fingerprint density at radius 1 is 0.782 bits per heavy atom. The van der Waals surface area contributed by atoms with Crippen LogP contribution in [0.5, 0.6) is 0 Å². The summed E-state index contributed by atoms with van der Waals surface area (Å²) in [4.78, 5) is 99.0. The maximum absolute atomic E-state index is 14.2. The van der Waals surface area contributed by atoms with E-state index in [2.05, 4.69) is 36.9 Å². The van der Waals surface area contributed by atoms with Gasteiger partial charge < -0.3 is 53.5 Å². The molecule has 18 heteroatoms. The minimum absolute atomic E-state index is 0.0208. The maximum atomic E-state index is 14.2. The Balaban J connectivity index is 2.19. The molecule has 1 aromatic heterocycles. The smallest absolute Gasteiger partial charge is 0.248 e. The molecule has 1 fully saturated rings. The Morgan fingerprint density at radius 3 is 1.93 bits per heavy atom. The van der Waals surface area contributed by atoms with Crippen LogP contribution in [0.3, 0.4) is 0 Å². The van der Waals surface area contributed by atoms with Crippen molar-refractivity contribution in [2.45, 2.75) is 116 Å². The molecule has 1 aromatic carbocycles. The van der Waals surface area contributed by atoms with Gasteiger partial charge in [-0.1, -0.05) is 59.6 Å². The van der Waals surface area contributed by atoms with E-state index in [1.165, 1.54) is 0 Å². The number of aromatic nitrogens is 1. The van der Waals surface area contributed by atoms with Gasteiger partial charge in [-0.15, -0.1) is 0 Å². The Kier molecular flexibility index (Phi) is 16.4. The molecule has 3 rings (SSSR count). The SMILES string of the molecule is CCC(C)[C@@H]1NC(=O)[C@H](CC(C)C)NC(=O)[C@H](C(C)C)NC(=O)[C@H](Cc2c[nH]c3ccc(Cl)cc23)NC(=O)[C@H]([C@H](O)C(N)=O)NC(=O)[C@H](CCCN)NC1=O. The first-order chi connectivity index (χ1) is 25.9. The Bertz CT molecular complexity index is 1720. The van der Waals surface area contributed by atoms with Crippen LogP contribution in [0, 0.1) is 17.8 Å². The molecule has 2 aromatic rings. The Labute approximate surface area is 325 Å². The van der Waals surface area contributed by atoms with Crippen LogP contribution in [0.25, 0.3) is 10.9 Å². The summed E-state index contributed by atoms with van der Waals surface area (Å²) >= 11 is 6.26. The minimum Gasteiger partial charge on any atom is -0.381 e. The molecule has 0 spiro atoms. The van der Waals surface area contributed by atoms with Crippen LogP contribution in [0.2, 0.25) is 5.02 Å². The summed E-state index contributed by atoms with van der Waals surface area (Å²) in [7, 11) is 0. The number of carbonyl (C=O) groups is 7. The van der Waals surface area contributed by atoms with Gasteiger partial charge in [0.05, 0.1) is 0 Å². The van der Waals surface area contributed by atoms with Gasteiger partial charge in [0.25, 0.3) is 0 Å². The van der Waals surface area contributed by atoms with Crippen molar-refractivity contribution >= 4 is 63.9 Å². The van der Waals surface area contributed by atoms with Crippen LogP contribution >= 0.6 is 11.6 Å². The van der Waals surface area contributed by atoms with Gasteiger partial charge in [-0.2, -0.15) is 0 Å². The number of primary amides is 1. The lowest BCUT2D eigenvalue weighted by Gasteiger charge is -2.32. The maximum Gasteiger partial charge on any atom is 0.248 e. The number of aliphatic hydroxyl groups is 1. The first-order valence-electron chi connectivity index (χ1n) is 18.6. The zero-order valence-electron chi connectivity index (χ0n) is 32.2. The number of benzene rings is 1. The first kappa shape index (κ1) is 44.7. The van der Waals surface area contributed by atoms with Crippen molar-refractivity contribution in [3.63, 3.8) is 0 Å². The monoisotopic (exact) mass is 789 g/mol. The van der Waals surface area contributed by atoms with E-state index in [0.29, 0.717) is 27.9 Å². The number of fused-ring (bicyclic) bond motifs is 1. The van der Waals surface area contributed by atoms with Gasteiger partial charge in [0.1, 0.15) is 36.3 Å². The number of hydrogen-bond acceptors (Lipinski definition) is 9. The summed E-state index contributed by atoms with van der Waals surface area (Å²) in [5.41, 5.74) is 12.3. The summed E-state index contributed by atoms with van der Waals surface area (Å²) in [5, 5.41) is 27.6. The molecule has 1 aliphatic rings. The van der Waals surface area contributed by atoms with Crippen LogP contribution in [-0.4, -0.2) is 100 Å². The normalized spacial score (nSPS) is 24.9. The molecule has 7 amide bonds. The molecule has 8 atom stereocenters. The fourth-order valence-electron chi connectivity index (χ4n) is 6.28. The highest BCUT2D eigenvalue weighted by atomic mass is 35.5. The molecule has 0 aliphatic carbocycles. The van der Waals surface area contributed by atoms with E-state index in [4.69, 9.17) is 23.1 Å². The quantitative estimate of drug-likeness (QED) is 0.134. The fraction of sp³-hybridized carbons (Fsp3) is 0.595. The highest BCUT2D eigenvalue weighted by Crippen LogP contribution is 2.24. The first-order valence-corrected chi connectivity index (χ1v) is 19.0. The number of aliphatic hydroxyl groups excluding tert-OH is 1. The molecule has 55 heavy (non-hydrogen) atoms. The van der Waals surface area contributed by atoms with E-state index in [1.54, 1.807) is 45.2 Å². The van der Waals surface area contributed by atoms with E-state index in [9.17, 15) is 38.7 Å². The second-order valence-electron chi connectivity index (χ2n) is 14.9. The summed E-state index contributed by atoms with van der Waals surface area (Å²) in [5.74, 6) is -7.39. The zero-order chi connectivity index (χ0) is 41.1. The van der Waals surface area contributed by atoms with Crippen molar-refractivity contribution < 1.29 is 38.7 Å². The number of nitrogens with two attached hydrogens (primary N) is 2. The summed E-state index contributed by atoms with van der Waals surface area (Å²) in [6.07, 6.45) is 0.0242. The van der Waals surface area contributed by atoms with Crippen LogP contribution in [0.1, 0.15) is 72.8 Å². The predicted octanol–water partition coefficient (Wildman–Crippen LogP) is -0.380. The molecule has 0 bridgehead atoms. The Morgan fingerprint density at radius 2 is 1.33 bits per heavy atom. The van der Waals surface area contributed by atoms with Crippen molar-refractivity contribution in [3.8, 4) is 0 Å². The molecule has 0 saturated carbocycles. The zero-order valence-corrected chi connectivity index (χ0v) is 32.9. The average Bonchev–Trinajstić information content (AvgIpc) is 3.52. The van der Waals surface area contributed by atoms with Crippen molar-refractivity contribution in [1.29, 1.82) is 0 Å². The van der Waals surface area contributed by atoms with E-state index < -0.39 is 95.5 Å². The lowest BCUT2D eigenvalue weighted by atomic mass is 9.95. The van der Waals surface area contributed by atoms with Gasteiger partial charge >= 0.3 is 0 Å². The standard InChI is InChI=1S/C37H56ClN9O8/c1-7-19(6)28-36(54)42-24(9-8-12-39)32(50)47-29(30(48)31(40)49)37(55)44-26(14-20-16-41-23-11-10-21(38)15-22(20)23)34(52)45-27(18(4)5)35(53)43-25(13-17(2)3)33(51)46-28/h10-11,15-19,24-30,41,48H,7-9,12-14,39H2,1-6H3,(H2,40,49)(H,42,54)(H,43,53)(H,44,55)(H,45,52)(H,46,51)(H,47,50)/t19?,24-,25-,26-,27-,28-,29-,30-/m0/s1. The van der Waals surface area contributed by atoms with Gasteiger partial charge in [0, 0.05) is 28.5 Å². The fourth-order valence-corrected chi connectivity index (χ4v) is 6.45. The van der Waals surface area contributed by atoms with Gasteiger partial charge in [0.15, 0.2) is 6.10 Å². The molecule has 0 radical (unpaired) electrons. The molecule has 2 heterocycles. The van der Waals surface area contributed by atoms with Crippen molar-refractivity contribution in [1.82, 2.24) is 36.9 Å². The lowest BCUT2D eigenvalue weighted by Crippen LogP contribution is -2.65. The molecule has 1 saturated heterocycles. The number of rotatable bonds is 12. The topological polar surface area (TPSA) is 280 Å². The number of hydrogen-bond donors (Lipinski definition) is 10. The van der Waals surface area contributed by atoms with Crippen molar-refractivity contribution in [2.24, 2.45) is 29.2 Å². The summed E-state index contributed by atoms with van der Waals surface area (Å²) in [6.45, 7) is 10.8. The number of H-pyrrole nitrogens is 1. The lowest BCUT2D eigenvalue weighted by molar-refractivity contribution is -0.141. The van der Waals surface area contributed by atoms with Crippen LogP contribution in [0.15, 0.2) is 24.4 Å². The molecule has 12 N–H and O–H groups in total. The summed E-state index contributed by atoms with van der Waals surface area (Å²) in [6, 6.07) is -3.26. The van der Waals surface area contributed by atoms with E-state index in [0.717, 1.165) is 0 Å². The second kappa shape index (κ2) is 20.3.